The van der Waals surface area contributed by atoms with Crippen LogP contribution in [0, 0.1) is 0 Å². The molecule has 0 radical (unpaired) electrons. The van der Waals surface area contributed by atoms with Crippen LogP contribution in [0.15, 0.2) is 66.9 Å². The first-order chi connectivity index (χ1) is 10.7. The first-order valence-electron chi connectivity index (χ1n) is 6.67. The van der Waals surface area contributed by atoms with Gasteiger partial charge in [0.25, 0.3) is 5.91 Å². The Hall–Kier alpha value is -3.08. The number of carbonyl (C=O) groups excluding carboxylic acids is 2. The molecule has 0 saturated carbocycles. The molecule has 0 aliphatic heterocycles. The summed E-state index contributed by atoms with van der Waals surface area (Å²) in [6.07, 6.45) is 2.72. The van der Waals surface area contributed by atoms with Crippen molar-refractivity contribution in [2.24, 2.45) is 0 Å². The second kappa shape index (κ2) is 7.64. The summed E-state index contributed by atoms with van der Waals surface area (Å²) >= 11 is 0. The monoisotopic (exact) mass is 296 g/mol. The molecule has 0 heterocycles. The van der Waals surface area contributed by atoms with Crippen molar-refractivity contribution in [3.63, 3.8) is 0 Å². The van der Waals surface area contributed by atoms with E-state index < -0.39 is 0 Å². The normalized spacial score (nSPS) is 10.2. The highest BCUT2D eigenvalue weighted by atomic mass is 16.5. The summed E-state index contributed by atoms with van der Waals surface area (Å²) in [6, 6.07) is 15.7. The predicted molar refractivity (Wildman–Crippen MR) is 83.5 cm³/mol. The van der Waals surface area contributed by atoms with Crippen molar-refractivity contribution in [1.82, 2.24) is 10.9 Å². The minimum atomic E-state index is -0.353. The van der Waals surface area contributed by atoms with E-state index in [0.29, 0.717) is 16.9 Å². The van der Waals surface area contributed by atoms with Crippen molar-refractivity contribution < 1.29 is 14.3 Å². The number of carbonyl (C=O) groups is 2. The van der Waals surface area contributed by atoms with Crippen LogP contribution in [-0.2, 0) is 0 Å². The van der Waals surface area contributed by atoms with Gasteiger partial charge in [0.1, 0.15) is 5.75 Å². The van der Waals surface area contributed by atoms with Crippen LogP contribution >= 0.6 is 0 Å². The molecular formula is C17H16N2O3. The lowest BCUT2D eigenvalue weighted by molar-refractivity contribution is 0.0936. The van der Waals surface area contributed by atoms with Gasteiger partial charge < -0.3 is 10.2 Å². The van der Waals surface area contributed by atoms with E-state index in [2.05, 4.69) is 10.9 Å². The van der Waals surface area contributed by atoms with E-state index in [1.54, 1.807) is 48.5 Å². The summed E-state index contributed by atoms with van der Waals surface area (Å²) < 4.78 is 5.11. The zero-order valence-electron chi connectivity index (χ0n) is 12.1. The lowest BCUT2D eigenvalue weighted by Crippen LogP contribution is -2.33. The molecule has 0 aliphatic rings. The second-order valence-electron chi connectivity index (χ2n) is 4.36. The van der Waals surface area contributed by atoms with Crippen LogP contribution in [0.25, 0.3) is 0 Å². The van der Waals surface area contributed by atoms with Gasteiger partial charge in [-0.2, -0.15) is 0 Å². The van der Waals surface area contributed by atoms with Gasteiger partial charge in [0.05, 0.1) is 12.7 Å². The molecule has 5 heteroatoms. The van der Waals surface area contributed by atoms with Crippen LogP contribution in [0.5, 0.6) is 5.75 Å². The van der Waals surface area contributed by atoms with Gasteiger partial charge >= 0.3 is 0 Å². The Morgan fingerprint density at radius 2 is 1.68 bits per heavy atom. The Kier molecular flexibility index (Phi) is 5.31. The third kappa shape index (κ3) is 3.96. The van der Waals surface area contributed by atoms with Crippen LogP contribution in [0.1, 0.15) is 20.7 Å². The van der Waals surface area contributed by atoms with Gasteiger partial charge in [-0.05, 0) is 12.1 Å². The summed E-state index contributed by atoms with van der Waals surface area (Å²) in [4.78, 5) is 23.8. The number of ether oxygens (including phenoxy) is 1. The van der Waals surface area contributed by atoms with Crippen LogP contribution in [0.2, 0.25) is 0 Å². The fourth-order valence-corrected chi connectivity index (χ4v) is 1.82. The molecule has 112 valence electrons. The van der Waals surface area contributed by atoms with Crippen molar-refractivity contribution in [2.45, 2.75) is 0 Å². The van der Waals surface area contributed by atoms with E-state index in [0.717, 1.165) is 0 Å². The van der Waals surface area contributed by atoms with Crippen LogP contribution < -0.4 is 15.6 Å². The number of ketones is 1. The van der Waals surface area contributed by atoms with E-state index in [1.165, 1.54) is 19.4 Å². The number of methoxy groups -OCH3 is 1. The second-order valence-corrected chi connectivity index (χ2v) is 4.36. The summed E-state index contributed by atoms with van der Waals surface area (Å²) in [7, 11) is 1.50. The van der Waals surface area contributed by atoms with Crippen molar-refractivity contribution in [1.29, 1.82) is 0 Å². The number of para-hydroxylation sites is 1. The number of benzene rings is 2. The average molecular weight is 296 g/mol. The Labute approximate surface area is 128 Å². The molecule has 5 nitrogen and oxygen atoms in total. The number of allylic oxidation sites excluding steroid dienone is 1. The quantitative estimate of drug-likeness (QED) is 0.488. The minimum Gasteiger partial charge on any atom is -0.496 e. The molecule has 0 bridgehead atoms. The summed E-state index contributed by atoms with van der Waals surface area (Å²) in [5.41, 5.74) is 6.03. The number of hydrogen-bond donors (Lipinski definition) is 2. The van der Waals surface area contributed by atoms with E-state index >= 15 is 0 Å². The maximum atomic E-state index is 12.0. The highest BCUT2D eigenvalue weighted by molar-refractivity contribution is 6.04. The van der Waals surface area contributed by atoms with Crippen molar-refractivity contribution in [2.75, 3.05) is 7.11 Å². The molecule has 0 aromatic heterocycles. The Morgan fingerprint density at radius 1 is 1.00 bits per heavy atom. The van der Waals surface area contributed by atoms with Crippen LogP contribution in [-0.4, -0.2) is 18.8 Å². The predicted octanol–water partition coefficient (Wildman–Crippen LogP) is 2.33. The van der Waals surface area contributed by atoms with Gasteiger partial charge in [0.15, 0.2) is 5.78 Å². The summed E-state index contributed by atoms with van der Waals surface area (Å²) in [6.45, 7) is 0. The topological polar surface area (TPSA) is 67.4 Å². The Bertz CT molecular complexity index is 681. The molecule has 0 spiro atoms. The highest BCUT2D eigenvalue weighted by Crippen LogP contribution is 2.16. The molecule has 1 amide bonds. The fraction of sp³-hybridized carbons (Fsp3) is 0.0588. The van der Waals surface area contributed by atoms with E-state index in [4.69, 9.17) is 4.74 Å². The molecule has 0 aliphatic carbocycles. The Morgan fingerprint density at radius 3 is 2.41 bits per heavy atom. The van der Waals surface area contributed by atoms with Crippen molar-refractivity contribution in [3.05, 3.63) is 78.0 Å². The van der Waals surface area contributed by atoms with Crippen LogP contribution in [0.4, 0.5) is 0 Å². The minimum absolute atomic E-state index is 0.153. The lowest BCUT2D eigenvalue weighted by Gasteiger charge is -2.08. The largest absolute Gasteiger partial charge is 0.496 e. The third-order valence-corrected chi connectivity index (χ3v) is 2.91. The first-order valence-corrected chi connectivity index (χ1v) is 6.67. The number of hydrogen-bond acceptors (Lipinski definition) is 4. The highest BCUT2D eigenvalue weighted by Gasteiger charge is 2.09. The molecule has 2 aromatic rings. The standard InChI is InChI=1S/C17H16N2O3/c1-22-16-10-6-5-9-14(16)17(21)19-18-12-11-15(20)13-7-3-2-4-8-13/h2-12,18H,1H3,(H,19,21)/b12-11+. The molecule has 0 saturated heterocycles. The number of hydrazine groups is 1. The molecule has 0 unspecified atom stereocenters. The van der Waals surface area contributed by atoms with Gasteiger partial charge in [-0.1, -0.05) is 42.5 Å². The average Bonchev–Trinajstić information content (AvgIpc) is 2.59. The summed E-state index contributed by atoms with van der Waals surface area (Å²) in [5, 5.41) is 0. The van der Waals surface area contributed by atoms with Crippen molar-refractivity contribution in [3.8, 4) is 5.75 Å². The fourth-order valence-electron chi connectivity index (χ4n) is 1.82. The maximum Gasteiger partial charge on any atom is 0.273 e. The zero-order chi connectivity index (χ0) is 15.8. The van der Waals surface area contributed by atoms with Gasteiger partial charge in [-0.25, -0.2) is 0 Å². The van der Waals surface area contributed by atoms with Gasteiger partial charge in [-0.3, -0.25) is 15.0 Å². The molecule has 22 heavy (non-hydrogen) atoms. The SMILES string of the molecule is COc1ccccc1C(=O)NN/C=C/C(=O)c1ccccc1. The van der Waals surface area contributed by atoms with Gasteiger partial charge in [0.2, 0.25) is 0 Å². The van der Waals surface area contributed by atoms with E-state index in [9.17, 15) is 9.59 Å². The van der Waals surface area contributed by atoms with E-state index in [-0.39, 0.29) is 11.7 Å². The van der Waals surface area contributed by atoms with Gasteiger partial charge in [-0.15, -0.1) is 0 Å². The van der Waals surface area contributed by atoms with Gasteiger partial charge in [0, 0.05) is 17.8 Å². The van der Waals surface area contributed by atoms with E-state index in [1.807, 2.05) is 6.07 Å². The molecule has 2 N–H and O–H groups in total. The number of amides is 1. The third-order valence-electron chi connectivity index (χ3n) is 2.91. The summed E-state index contributed by atoms with van der Waals surface area (Å²) in [5.74, 6) is -0.0277. The molecule has 2 rings (SSSR count). The smallest absolute Gasteiger partial charge is 0.273 e. The molecule has 0 atom stereocenters. The first kappa shape index (κ1) is 15.3. The maximum absolute atomic E-state index is 12.0. The number of rotatable bonds is 6. The van der Waals surface area contributed by atoms with Crippen LogP contribution in [0.3, 0.4) is 0 Å². The number of nitrogens with one attached hydrogen (secondary N) is 2. The Balaban J connectivity index is 1.89. The van der Waals surface area contributed by atoms with Crippen molar-refractivity contribution >= 4 is 11.7 Å². The molecule has 0 fully saturated rings. The zero-order valence-corrected chi connectivity index (χ0v) is 12.1. The lowest BCUT2D eigenvalue weighted by atomic mass is 10.1. The molecule has 2 aromatic carbocycles. The molecular weight excluding hydrogens is 280 g/mol.